The second kappa shape index (κ2) is 7.30. The Labute approximate surface area is 142 Å². The maximum Gasteiger partial charge on any atom is 0.234 e. The Morgan fingerprint density at radius 1 is 1.13 bits per heavy atom. The van der Waals surface area contributed by atoms with Gasteiger partial charge in [0.05, 0.1) is 12.0 Å². The van der Waals surface area contributed by atoms with Gasteiger partial charge < -0.3 is 9.73 Å². The Morgan fingerprint density at radius 2 is 1.96 bits per heavy atom. The Morgan fingerprint density at radius 3 is 2.61 bits per heavy atom. The van der Waals surface area contributed by atoms with E-state index in [0.29, 0.717) is 27.2 Å². The van der Waals surface area contributed by atoms with Gasteiger partial charge in [-0.25, -0.2) is 0 Å². The molecule has 116 valence electrons. The molecule has 5 nitrogen and oxygen atoms in total. The van der Waals surface area contributed by atoms with Gasteiger partial charge in [-0.05, 0) is 48.5 Å². The third-order valence-corrected chi connectivity index (χ3v) is 4.06. The number of thioether (sulfide) groups is 1. The molecule has 0 aliphatic carbocycles. The molecule has 0 radical (unpaired) electrons. The molecule has 1 amide bonds. The van der Waals surface area contributed by atoms with Crippen molar-refractivity contribution >= 4 is 35.0 Å². The van der Waals surface area contributed by atoms with E-state index in [1.165, 1.54) is 11.8 Å². The number of anilines is 1. The van der Waals surface area contributed by atoms with Crippen LogP contribution in [-0.2, 0) is 4.79 Å². The number of carbonyl (C=O) groups excluding carboxylic acids is 1. The van der Waals surface area contributed by atoms with Gasteiger partial charge in [-0.2, -0.15) is 0 Å². The summed E-state index contributed by atoms with van der Waals surface area (Å²) in [5.41, 5.74) is 1.37. The van der Waals surface area contributed by atoms with Gasteiger partial charge >= 0.3 is 0 Å². The minimum Gasteiger partial charge on any atom is -0.463 e. The Hall–Kier alpha value is -2.31. The van der Waals surface area contributed by atoms with Crippen LogP contribution in [0.1, 0.15) is 0 Å². The van der Waals surface area contributed by atoms with Gasteiger partial charge in [0, 0.05) is 10.7 Å². The summed E-state index contributed by atoms with van der Waals surface area (Å²) in [6.07, 6.45) is 1.58. The molecule has 0 saturated carbocycles. The molecule has 0 bridgehead atoms. The van der Waals surface area contributed by atoms with Gasteiger partial charge in [-0.1, -0.05) is 23.4 Å². The molecule has 0 spiro atoms. The number of nitrogens with zero attached hydrogens (tertiary/aromatic N) is 2. The number of amides is 1. The molecule has 1 N–H and O–H groups in total. The van der Waals surface area contributed by atoms with Crippen LogP contribution in [0.2, 0.25) is 5.02 Å². The topological polar surface area (TPSA) is 68.0 Å². The predicted molar refractivity (Wildman–Crippen MR) is 90.5 cm³/mol. The molecular weight excluding hydrogens is 334 g/mol. The number of furan rings is 1. The van der Waals surface area contributed by atoms with Crippen molar-refractivity contribution in [1.82, 2.24) is 10.2 Å². The van der Waals surface area contributed by atoms with Crippen LogP contribution in [0, 0.1) is 0 Å². The third kappa shape index (κ3) is 4.34. The lowest BCUT2D eigenvalue weighted by Crippen LogP contribution is -2.14. The minimum absolute atomic E-state index is 0.116. The van der Waals surface area contributed by atoms with Crippen LogP contribution >= 0.6 is 23.4 Å². The van der Waals surface area contributed by atoms with Crippen molar-refractivity contribution < 1.29 is 9.21 Å². The van der Waals surface area contributed by atoms with Crippen molar-refractivity contribution in [3.8, 4) is 11.5 Å². The van der Waals surface area contributed by atoms with Gasteiger partial charge in [0.15, 0.2) is 5.76 Å². The zero-order chi connectivity index (χ0) is 16.1. The van der Waals surface area contributed by atoms with Crippen molar-refractivity contribution in [3.05, 3.63) is 59.8 Å². The zero-order valence-corrected chi connectivity index (χ0v) is 13.5. The first-order valence-electron chi connectivity index (χ1n) is 6.76. The van der Waals surface area contributed by atoms with Crippen molar-refractivity contribution in [1.29, 1.82) is 0 Å². The normalized spacial score (nSPS) is 10.5. The molecule has 3 rings (SSSR count). The molecular formula is C16H12ClN3O2S. The van der Waals surface area contributed by atoms with Crippen LogP contribution in [0.3, 0.4) is 0 Å². The molecule has 0 atom stereocenters. The molecule has 1 aromatic carbocycles. The lowest BCUT2D eigenvalue weighted by Gasteiger charge is -2.05. The molecule has 2 aromatic heterocycles. The molecule has 0 unspecified atom stereocenters. The number of aromatic nitrogens is 2. The van der Waals surface area contributed by atoms with Gasteiger partial charge in [0.25, 0.3) is 0 Å². The van der Waals surface area contributed by atoms with Crippen molar-refractivity contribution in [2.24, 2.45) is 0 Å². The monoisotopic (exact) mass is 345 g/mol. The molecule has 3 aromatic rings. The average Bonchev–Trinajstić information content (AvgIpc) is 3.10. The van der Waals surface area contributed by atoms with Crippen LogP contribution in [0.25, 0.3) is 11.5 Å². The van der Waals surface area contributed by atoms with E-state index >= 15 is 0 Å². The van der Waals surface area contributed by atoms with Crippen LogP contribution < -0.4 is 5.32 Å². The summed E-state index contributed by atoms with van der Waals surface area (Å²) in [7, 11) is 0. The zero-order valence-electron chi connectivity index (χ0n) is 11.9. The fraction of sp³-hybridized carbons (Fsp3) is 0.0625. The highest BCUT2D eigenvalue weighted by molar-refractivity contribution is 7.99. The SMILES string of the molecule is O=C(CSc1ccc(-c2ccco2)nn1)Nc1ccc(Cl)cc1. The summed E-state index contributed by atoms with van der Waals surface area (Å²) in [6.45, 7) is 0. The fourth-order valence-corrected chi connectivity index (χ4v) is 2.56. The lowest BCUT2D eigenvalue weighted by molar-refractivity contribution is -0.113. The number of carbonyl (C=O) groups is 1. The van der Waals surface area contributed by atoms with Crippen LogP contribution in [-0.4, -0.2) is 21.9 Å². The van der Waals surface area contributed by atoms with E-state index in [4.69, 9.17) is 16.0 Å². The first-order valence-corrected chi connectivity index (χ1v) is 8.13. The summed E-state index contributed by atoms with van der Waals surface area (Å²) >= 11 is 7.11. The first-order chi connectivity index (χ1) is 11.2. The van der Waals surface area contributed by atoms with E-state index in [1.807, 2.05) is 18.2 Å². The second-order valence-corrected chi connectivity index (χ2v) is 6.01. The summed E-state index contributed by atoms with van der Waals surface area (Å²) in [4.78, 5) is 11.9. The summed E-state index contributed by atoms with van der Waals surface area (Å²) in [6, 6.07) is 14.2. The first kappa shape index (κ1) is 15.6. The number of benzene rings is 1. The van der Waals surface area contributed by atoms with E-state index in [9.17, 15) is 4.79 Å². The number of hydrogen-bond acceptors (Lipinski definition) is 5. The second-order valence-electron chi connectivity index (χ2n) is 4.58. The smallest absolute Gasteiger partial charge is 0.234 e. The van der Waals surface area contributed by atoms with Crippen LogP contribution in [0.5, 0.6) is 0 Å². The quantitative estimate of drug-likeness (QED) is 0.704. The van der Waals surface area contributed by atoms with Gasteiger partial charge in [0.2, 0.25) is 5.91 Å². The van der Waals surface area contributed by atoms with Crippen molar-refractivity contribution in [3.63, 3.8) is 0 Å². The molecule has 0 saturated heterocycles. The molecule has 0 aliphatic rings. The number of nitrogens with one attached hydrogen (secondary N) is 1. The molecule has 0 fully saturated rings. The highest BCUT2D eigenvalue weighted by atomic mass is 35.5. The number of hydrogen-bond donors (Lipinski definition) is 1. The van der Waals surface area contributed by atoms with E-state index in [2.05, 4.69) is 15.5 Å². The van der Waals surface area contributed by atoms with Crippen LogP contribution in [0.15, 0.2) is 64.2 Å². The fourth-order valence-electron chi connectivity index (χ4n) is 1.82. The molecule has 23 heavy (non-hydrogen) atoms. The van der Waals surface area contributed by atoms with Gasteiger partial charge in [-0.3, -0.25) is 4.79 Å². The van der Waals surface area contributed by atoms with E-state index in [-0.39, 0.29) is 11.7 Å². The minimum atomic E-state index is -0.116. The largest absolute Gasteiger partial charge is 0.463 e. The summed E-state index contributed by atoms with van der Waals surface area (Å²) < 4.78 is 5.25. The standard InChI is InChI=1S/C16H12ClN3O2S/c17-11-3-5-12(6-4-11)18-15(21)10-23-16-8-7-13(19-20-16)14-2-1-9-22-14/h1-9H,10H2,(H,18,21). The van der Waals surface area contributed by atoms with Crippen molar-refractivity contribution in [2.45, 2.75) is 5.03 Å². The highest BCUT2D eigenvalue weighted by Crippen LogP contribution is 2.20. The number of rotatable bonds is 5. The maximum absolute atomic E-state index is 11.9. The lowest BCUT2D eigenvalue weighted by atomic mass is 10.3. The Bertz CT molecular complexity index is 774. The molecule has 2 heterocycles. The van der Waals surface area contributed by atoms with Crippen molar-refractivity contribution in [2.75, 3.05) is 11.1 Å². The predicted octanol–water partition coefficient (Wildman–Crippen LogP) is 4.12. The van der Waals surface area contributed by atoms with E-state index in [1.54, 1.807) is 36.6 Å². The maximum atomic E-state index is 11.9. The Balaban J connectivity index is 1.53. The molecule has 7 heteroatoms. The summed E-state index contributed by atoms with van der Waals surface area (Å²) in [5, 5.41) is 12.3. The van der Waals surface area contributed by atoms with E-state index < -0.39 is 0 Å². The van der Waals surface area contributed by atoms with Crippen LogP contribution in [0.4, 0.5) is 5.69 Å². The van der Waals surface area contributed by atoms with Gasteiger partial charge in [0.1, 0.15) is 10.7 Å². The highest BCUT2D eigenvalue weighted by Gasteiger charge is 2.07. The molecule has 0 aliphatic heterocycles. The third-order valence-electron chi connectivity index (χ3n) is 2.89. The Kier molecular flexibility index (Phi) is 4.95. The average molecular weight is 346 g/mol. The van der Waals surface area contributed by atoms with Gasteiger partial charge in [-0.15, -0.1) is 10.2 Å². The van der Waals surface area contributed by atoms with E-state index in [0.717, 1.165) is 0 Å². The number of halogens is 1. The summed E-state index contributed by atoms with van der Waals surface area (Å²) in [5.74, 6) is 0.793.